The van der Waals surface area contributed by atoms with E-state index < -0.39 is 0 Å². The summed E-state index contributed by atoms with van der Waals surface area (Å²) in [5, 5.41) is 0. The molecule has 0 radical (unpaired) electrons. The van der Waals surface area contributed by atoms with Crippen LogP contribution in [0.5, 0.6) is 0 Å². The van der Waals surface area contributed by atoms with Crippen molar-refractivity contribution in [2.24, 2.45) is 5.41 Å². The minimum Gasteiger partial charge on any atom is -0.315 e. The molecule has 0 N–H and O–H groups in total. The van der Waals surface area contributed by atoms with E-state index in [-0.39, 0.29) is 56.7 Å². The highest BCUT2D eigenvalue weighted by Gasteiger charge is 2.47. The molecule has 9 aromatic carbocycles. The molecular weight excluding hydrogens is 1280 g/mol. The lowest BCUT2D eigenvalue weighted by atomic mass is 9.33. The zero-order valence-electron chi connectivity index (χ0n) is 69.3. The van der Waals surface area contributed by atoms with Gasteiger partial charge in [-0.05, 0) is 258 Å². The van der Waals surface area contributed by atoms with Crippen LogP contribution in [0.25, 0.3) is 56.2 Å². The Bertz CT molecular complexity index is 5500. The summed E-state index contributed by atoms with van der Waals surface area (Å²) in [7, 11) is 0. The van der Waals surface area contributed by atoms with Crippen LogP contribution in [-0.4, -0.2) is 32.5 Å². The van der Waals surface area contributed by atoms with Crippen molar-refractivity contribution in [3.05, 3.63) is 236 Å². The predicted octanol–water partition coefficient (Wildman–Crippen LogP) is 22.9. The number of rotatable bonds is 10. The van der Waals surface area contributed by atoms with E-state index in [1.807, 2.05) is 0 Å². The van der Waals surface area contributed by atoms with E-state index in [2.05, 4.69) is 371 Å². The van der Waals surface area contributed by atoms with Gasteiger partial charge in [0.1, 0.15) is 11.6 Å². The van der Waals surface area contributed by atoms with Gasteiger partial charge in [0.15, 0.2) is 0 Å². The summed E-state index contributed by atoms with van der Waals surface area (Å²) in [6.45, 7) is 66.0. The van der Waals surface area contributed by atoms with Gasteiger partial charge in [0.25, 0.3) is 13.4 Å². The van der Waals surface area contributed by atoms with E-state index in [0.29, 0.717) is 0 Å². The summed E-state index contributed by atoms with van der Waals surface area (Å²) in [5.41, 5.74) is 39.6. The van der Waals surface area contributed by atoms with Gasteiger partial charge in [0.05, 0.1) is 22.1 Å². The van der Waals surface area contributed by atoms with Crippen molar-refractivity contribution in [2.75, 3.05) is 9.80 Å². The molecule has 0 atom stereocenters. The van der Waals surface area contributed by atoms with E-state index in [4.69, 9.17) is 9.97 Å². The third kappa shape index (κ3) is 11.8. The molecule has 11 aromatic rings. The van der Waals surface area contributed by atoms with Gasteiger partial charge in [-0.1, -0.05) is 249 Å². The summed E-state index contributed by atoms with van der Waals surface area (Å²) in [5.74, 6) is 2.02. The largest absolute Gasteiger partial charge is 0.315 e. The van der Waals surface area contributed by atoms with Crippen molar-refractivity contribution < 1.29 is 0 Å². The Morgan fingerprint density at radius 1 is 0.358 bits per heavy atom. The van der Waals surface area contributed by atoms with E-state index in [1.54, 1.807) is 0 Å². The first-order chi connectivity index (χ1) is 49.3. The van der Waals surface area contributed by atoms with Crippen LogP contribution in [0.4, 0.5) is 28.4 Å². The quantitative estimate of drug-likeness (QED) is 0.128. The molecule has 0 amide bonds. The number of aromatic nitrogens is 4. The predicted molar refractivity (Wildman–Crippen MR) is 460 cm³/mol. The Hall–Kier alpha value is -8.87. The normalized spacial score (nSPS) is 14.8. The SMILES string of the molecule is CC1=C(/C=C(\C)C(C)(C)C)B2c3c(cccc3-n3c(-c4c(C)cc(C(C)(C)CCC(C)(C)c5cc6c7c(c5)nc(-c5c(C)cccc5C)n7-c5cc(C(C)(C)C)cc7c5B6c5cc(C(C)(C)C)ccc5N7c5ccc(C(C)(C)C)cc5)cc4C)nc4cc(C(C)(C)C)cc2c43)N1c1ccc(C(C)(C)C)cc1. The standard InChI is InChI=1S/C98H114B2N6/c1-57-31-29-32-58(2)83(57)89-102-77-54-69(52-75-88(77)106(89)82-56-67(96(22,23)24)55-81-86(82)100(75)73-50-65(94(16,17)18)39-44-78(73)104(81)71-42-37-64(38-43-71)93(13,14)15)98(27,28)46-45-97(25,26)68-47-59(3)84(60(4)48-68)90-101-76-53-66(95(19,20)21)51-74-87(76)105(90)80-34-30-33-79-85(80)99(74)72(49-61(5)91(7,8)9)62(6)103(79)70-40-35-63(36-41-70)92(10,11)12/h29-44,47-56H,45-46H2,1-28H3/b61-49+. The Morgan fingerprint density at radius 3 is 1.28 bits per heavy atom. The van der Waals surface area contributed by atoms with Crippen LogP contribution < -0.4 is 37.1 Å². The molecule has 0 unspecified atom stereocenters. The van der Waals surface area contributed by atoms with Crippen molar-refractivity contribution in [3.8, 4) is 34.2 Å². The second kappa shape index (κ2) is 24.3. The summed E-state index contributed by atoms with van der Waals surface area (Å²) in [6.07, 6.45) is 4.48. The molecule has 106 heavy (non-hydrogen) atoms. The van der Waals surface area contributed by atoms with Crippen LogP contribution in [0, 0.1) is 33.1 Å². The molecule has 8 heteroatoms. The summed E-state index contributed by atoms with van der Waals surface area (Å²) < 4.78 is 5.15. The van der Waals surface area contributed by atoms with E-state index in [9.17, 15) is 0 Å². The maximum atomic E-state index is 5.95. The number of benzene rings is 9. The third-order valence-corrected chi connectivity index (χ3v) is 25.1. The fourth-order valence-electron chi connectivity index (χ4n) is 17.8. The van der Waals surface area contributed by atoms with Crippen LogP contribution in [0.3, 0.4) is 0 Å². The van der Waals surface area contributed by atoms with E-state index in [1.165, 1.54) is 167 Å². The lowest BCUT2D eigenvalue weighted by Gasteiger charge is -2.42. The van der Waals surface area contributed by atoms with Gasteiger partial charge in [0, 0.05) is 56.6 Å². The monoisotopic (exact) mass is 1400 g/mol. The topological polar surface area (TPSA) is 42.1 Å². The van der Waals surface area contributed by atoms with Gasteiger partial charge in [-0.3, -0.25) is 9.13 Å². The molecule has 6 heterocycles. The minimum atomic E-state index is -0.242. The Balaban J connectivity index is 0.858. The molecule has 4 aliphatic rings. The molecule has 0 fully saturated rings. The van der Waals surface area contributed by atoms with E-state index >= 15 is 0 Å². The molecule has 2 aromatic heterocycles. The van der Waals surface area contributed by atoms with Crippen molar-refractivity contribution in [1.82, 2.24) is 19.1 Å². The number of hydrogen-bond donors (Lipinski definition) is 0. The number of anilines is 5. The highest BCUT2D eigenvalue weighted by atomic mass is 15.2. The number of fused-ring (bicyclic) bond motifs is 6. The first-order valence-corrected chi connectivity index (χ1v) is 39.3. The molecule has 0 aliphatic carbocycles. The number of nitrogens with zero attached hydrogens (tertiary/aromatic N) is 6. The van der Waals surface area contributed by atoms with Gasteiger partial charge in [-0.25, -0.2) is 9.97 Å². The van der Waals surface area contributed by atoms with E-state index in [0.717, 1.165) is 35.5 Å². The number of hydrogen-bond acceptors (Lipinski definition) is 4. The second-order valence-corrected chi connectivity index (χ2v) is 39.8. The van der Waals surface area contributed by atoms with Crippen LogP contribution in [0.1, 0.15) is 240 Å². The number of aryl methyl sites for hydroxylation is 4. The maximum absolute atomic E-state index is 5.95. The Morgan fingerprint density at radius 2 is 0.764 bits per heavy atom. The summed E-state index contributed by atoms with van der Waals surface area (Å²) >= 11 is 0. The minimum absolute atomic E-state index is 0.00136. The third-order valence-electron chi connectivity index (χ3n) is 25.1. The maximum Gasteiger partial charge on any atom is 0.252 e. The highest BCUT2D eigenvalue weighted by molar-refractivity contribution is 7.00. The zero-order valence-corrected chi connectivity index (χ0v) is 69.3. The Kier molecular flexibility index (Phi) is 16.7. The average Bonchev–Trinajstić information content (AvgIpc) is 1.35. The zero-order chi connectivity index (χ0) is 76.3. The molecule has 0 spiro atoms. The fraction of sp³-hybridized carbons (Fsp3) is 0.388. The van der Waals surface area contributed by atoms with Gasteiger partial charge >= 0.3 is 0 Å². The van der Waals surface area contributed by atoms with Gasteiger partial charge in [-0.2, -0.15) is 0 Å². The van der Waals surface area contributed by atoms with Crippen LogP contribution in [-0.2, 0) is 37.9 Å². The van der Waals surface area contributed by atoms with Gasteiger partial charge < -0.3 is 9.80 Å². The first-order valence-electron chi connectivity index (χ1n) is 39.3. The molecule has 6 nitrogen and oxygen atoms in total. The fourth-order valence-corrected chi connectivity index (χ4v) is 17.8. The molecule has 0 saturated carbocycles. The highest BCUT2D eigenvalue weighted by Crippen LogP contribution is 2.49. The first kappa shape index (κ1) is 72.7. The van der Waals surface area contributed by atoms with Crippen molar-refractivity contribution in [1.29, 1.82) is 0 Å². The molecule has 0 saturated heterocycles. The summed E-state index contributed by atoms with van der Waals surface area (Å²) in [6, 6.07) is 60.1. The number of imidazole rings is 2. The van der Waals surface area contributed by atoms with Gasteiger partial charge in [0.2, 0.25) is 0 Å². The average molecular weight is 1400 g/mol. The van der Waals surface area contributed by atoms with Crippen LogP contribution >= 0.6 is 0 Å². The van der Waals surface area contributed by atoms with Crippen molar-refractivity contribution >= 4 is 91.2 Å². The molecule has 542 valence electrons. The van der Waals surface area contributed by atoms with Crippen molar-refractivity contribution in [3.63, 3.8) is 0 Å². The van der Waals surface area contributed by atoms with Crippen LogP contribution in [0.15, 0.2) is 174 Å². The smallest absolute Gasteiger partial charge is 0.252 e. The van der Waals surface area contributed by atoms with Gasteiger partial charge in [-0.15, -0.1) is 0 Å². The molecular formula is C98H114B2N6. The van der Waals surface area contributed by atoms with Crippen molar-refractivity contribution in [2.45, 2.75) is 245 Å². The summed E-state index contributed by atoms with van der Waals surface area (Å²) in [4.78, 5) is 17.0. The Labute approximate surface area is 636 Å². The second-order valence-electron chi connectivity index (χ2n) is 39.8. The molecule has 0 bridgehead atoms. The molecule has 15 rings (SSSR count). The lowest BCUT2D eigenvalue weighted by Crippen LogP contribution is -2.61. The lowest BCUT2D eigenvalue weighted by molar-refractivity contribution is 0.375. The van der Waals surface area contributed by atoms with Crippen LogP contribution in [0.2, 0.25) is 0 Å². The molecule has 4 aliphatic heterocycles. The number of allylic oxidation sites excluding steroid dienone is 4.